The molecule has 2 rings (SSSR count). The summed E-state index contributed by atoms with van der Waals surface area (Å²) < 4.78 is 0. The van der Waals surface area contributed by atoms with Crippen molar-refractivity contribution in [3.8, 4) is 0 Å². The minimum atomic E-state index is -0.228. The van der Waals surface area contributed by atoms with Crippen molar-refractivity contribution in [3.05, 3.63) is 45.9 Å². The largest absolute Gasteiger partial charge is 0.397 e. The Morgan fingerprint density at radius 2 is 2.19 bits per heavy atom. The van der Waals surface area contributed by atoms with Crippen LogP contribution in [0.25, 0.3) is 0 Å². The molecule has 1 amide bonds. The molecule has 0 unspecified atom stereocenters. The van der Waals surface area contributed by atoms with Crippen LogP contribution in [0.4, 0.5) is 11.4 Å². The number of aryl methyl sites for hydroxylation is 2. The number of hydrogen-bond donors (Lipinski definition) is 3. The zero-order valence-electron chi connectivity index (χ0n) is 11.8. The molecule has 0 radical (unpaired) electrons. The summed E-state index contributed by atoms with van der Waals surface area (Å²) >= 11 is 1.17. The second-order valence-corrected chi connectivity index (χ2v) is 5.53. The van der Waals surface area contributed by atoms with Gasteiger partial charge in [-0.05, 0) is 25.5 Å². The van der Waals surface area contributed by atoms with Gasteiger partial charge in [0.25, 0.3) is 5.56 Å². The summed E-state index contributed by atoms with van der Waals surface area (Å²) in [7, 11) is 0. The zero-order chi connectivity index (χ0) is 15.4. The van der Waals surface area contributed by atoms with Gasteiger partial charge in [0.2, 0.25) is 5.91 Å². The van der Waals surface area contributed by atoms with Crippen LogP contribution >= 0.6 is 11.8 Å². The standard InChI is InChI=1S/C14H16N4O2S/c1-8-4-3-5-10(15)13(8)17-12(20)7-21-14-16-9(2)6-11(19)18-14/h3-6H,7,15H2,1-2H3,(H,17,20)(H,16,18,19). The number of aromatic nitrogens is 2. The van der Waals surface area contributed by atoms with Gasteiger partial charge in [0, 0.05) is 11.8 Å². The molecule has 0 saturated carbocycles. The fourth-order valence-corrected chi connectivity index (χ4v) is 2.51. The third kappa shape index (κ3) is 4.09. The molecule has 0 aliphatic heterocycles. The van der Waals surface area contributed by atoms with Gasteiger partial charge in [0.05, 0.1) is 17.1 Å². The number of carbonyl (C=O) groups is 1. The second-order valence-electron chi connectivity index (χ2n) is 4.57. The molecule has 2 aromatic rings. The van der Waals surface area contributed by atoms with Crippen molar-refractivity contribution in [2.24, 2.45) is 0 Å². The molecule has 0 bridgehead atoms. The van der Waals surface area contributed by atoms with Crippen molar-refractivity contribution < 1.29 is 4.79 Å². The molecule has 0 aliphatic carbocycles. The molecule has 0 fully saturated rings. The predicted molar refractivity (Wildman–Crippen MR) is 84.5 cm³/mol. The van der Waals surface area contributed by atoms with Gasteiger partial charge in [-0.1, -0.05) is 23.9 Å². The molecule has 0 saturated heterocycles. The van der Waals surface area contributed by atoms with E-state index in [4.69, 9.17) is 5.73 Å². The summed E-state index contributed by atoms with van der Waals surface area (Å²) in [6.07, 6.45) is 0. The molecule has 1 heterocycles. The van der Waals surface area contributed by atoms with Gasteiger partial charge >= 0.3 is 0 Å². The number of nitrogens with two attached hydrogens (primary N) is 1. The van der Waals surface area contributed by atoms with E-state index in [1.54, 1.807) is 13.0 Å². The van der Waals surface area contributed by atoms with Crippen LogP contribution in [0, 0.1) is 13.8 Å². The highest BCUT2D eigenvalue weighted by Gasteiger charge is 2.09. The highest BCUT2D eigenvalue weighted by molar-refractivity contribution is 7.99. The summed E-state index contributed by atoms with van der Waals surface area (Å²) in [6, 6.07) is 6.84. The molecule has 21 heavy (non-hydrogen) atoms. The number of carbonyl (C=O) groups excluding carboxylic acids is 1. The Labute approximate surface area is 126 Å². The Hall–Kier alpha value is -2.28. The average Bonchev–Trinajstić information content (AvgIpc) is 2.40. The van der Waals surface area contributed by atoms with Crippen LogP contribution in [-0.2, 0) is 4.79 Å². The van der Waals surface area contributed by atoms with Gasteiger partial charge in [-0.2, -0.15) is 0 Å². The minimum absolute atomic E-state index is 0.139. The summed E-state index contributed by atoms with van der Waals surface area (Å²) in [4.78, 5) is 30.0. The first-order chi connectivity index (χ1) is 9.95. The van der Waals surface area contributed by atoms with Crippen LogP contribution in [0.1, 0.15) is 11.3 Å². The van der Waals surface area contributed by atoms with E-state index in [1.165, 1.54) is 17.8 Å². The Bertz CT molecular complexity index is 707. The predicted octanol–water partition coefficient (Wildman–Crippen LogP) is 1.70. The molecule has 1 aromatic heterocycles. The van der Waals surface area contributed by atoms with Gasteiger partial charge in [-0.15, -0.1) is 0 Å². The topological polar surface area (TPSA) is 101 Å². The Balaban J connectivity index is 2.01. The average molecular weight is 304 g/mol. The Kier molecular flexibility index (Phi) is 4.64. The van der Waals surface area contributed by atoms with Gasteiger partial charge in [-0.3, -0.25) is 9.59 Å². The molecular formula is C14H16N4O2S. The van der Waals surface area contributed by atoms with Crippen LogP contribution in [-0.4, -0.2) is 21.6 Å². The lowest BCUT2D eigenvalue weighted by Gasteiger charge is -2.10. The van der Waals surface area contributed by atoms with Crippen LogP contribution < -0.4 is 16.6 Å². The van der Waals surface area contributed by atoms with Gasteiger partial charge in [0.1, 0.15) is 0 Å². The quantitative estimate of drug-likeness (QED) is 0.453. The maximum atomic E-state index is 12.0. The lowest BCUT2D eigenvalue weighted by Crippen LogP contribution is -2.17. The third-order valence-corrected chi connectivity index (χ3v) is 3.63. The van der Waals surface area contributed by atoms with Crippen LogP contribution in [0.2, 0.25) is 0 Å². The van der Waals surface area contributed by atoms with Crippen LogP contribution in [0.5, 0.6) is 0 Å². The van der Waals surface area contributed by atoms with E-state index in [9.17, 15) is 9.59 Å². The van der Waals surface area contributed by atoms with Crippen molar-refractivity contribution >= 4 is 29.0 Å². The van der Waals surface area contributed by atoms with E-state index in [-0.39, 0.29) is 17.2 Å². The fraction of sp³-hybridized carbons (Fsp3) is 0.214. The molecule has 0 spiro atoms. The summed E-state index contributed by atoms with van der Waals surface area (Å²) in [6.45, 7) is 3.60. The van der Waals surface area contributed by atoms with Crippen molar-refractivity contribution in [2.75, 3.05) is 16.8 Å². The molecule has 110 valence electrons. The number of H-pyrrole nitrogens is 1. The monoisotopic (exact) mass is 304 g/mol. The smallest absolute Gasteiger partial charge is 0.251 e. The zero-order valence-corrected chi connectivity index (χ0v) is 12.6. The van der Waals surface area contributed by atoms with Crippen molar-refractivity contribution in [1.29, 1.82) is 0 Å². The Morgan fingerprint density at radius 1 is 1.43 bits per heavy atom. The first kappa shape index (κ1) is 15.1. The number of nitrogens with one attached hydrogen (secondary N) is 2. The van der Waals surface area contributed by atoms with E-state index in [0.717, 1.165) is 5.56 Å². The van der Waals surface area contributed by atoms with Gasteiger partial charge in [0.15, 0.2) is 5.16 Å². The highest BCUT2D eigenvalue weighted by atomic mass is 32.2. The molecule has 7 heteroatoms. The number of para-hydroxylation sites is 1. The van der Waals surface area contributed by atoms with E-state index in [0.29, 0.717) is 22.2 Å². The molecule has 0 aliphatic rings. The molecule has 0 atom stereocenters. The van der Waals surface area contributed by atoms with Crippen LogP contribution in [0.3, 0.4) is 0 Å². The van der Waals surface area contributed by atoms with E-state index < -0.39 is 0 Å². The first-order valence-electron chi connectivity index (χ1n) is 6.31. The summed E-state index contributed by atoms with van der Waals surface area (Å²) in [5.41, 5.74) is 8.26. The van der Waals surface area contributed by atoms with Crippen LogP contribution in [0.15, 0.2) is 34.2 Å². The SMILES string of the molecule is Cc1cc(=O)[nH]c(SCC(=O)Nc2c(C)cccc2N)n1. The third-order valence-electron chi connectivity index (χ3n) is 2.76. The van der Waals surface area contributed by atoms with E-state index in [1.807, 2.05) is 19.1 Å². The lowest BCUT2D eigenvalue weighted by molar-refractivity contribution is -0.113. The number of aromatic amines is 1. The number of rotatable bonds is 4. The maximum absolute atomic E-state index is 12.0. The molecule has 6 nitrogen and oxygen atoms in total. The van der Waals surface area contributed by atoms with Gasteiger partial charge in [-0.25, -0.2) is 4.98 Å². The number of anilines is 2. The highest BCUT2D eigenvalue weighted by Crippen LogP contribution is 2.23. The molecule has 1 aromatic carbocycles. The number of nitrogen functional groups attached to an aromatic ring is 1. The summed E-state index contributed by atoms with van der Waals surface area (Å²) in [5, 5.41) is 3.20. The van der Waals surface area contributed by atoms with Crippen molar-refractivity contribution in [3.63, 3.8) is 0 Å². The normalized spacial score (nSPS) is 10.4. The number of thioether (sulfide) groups is 1. The fourth-order valence-electron chi connectivity index (χ4n) is 1.79. The maximum Gasteiger partial charge on any atom is 0.251 e. The Morgan fingerprint density at radius 3 is 2.86 bits per heavy atom. The van der Waals surface area contributed by atoms with Crippen molar-refractivity contribution in [1.82, 2.24) is 9.97 Å². The minimum Gasteiger partial charge on any atom is -0.397 e. The lowest BCUT2D eigenvalue weighted by atomic mass is 10.1. The van der Waals surface area contributed by atoms with Gasteiger partial charge < -0.3 is 16.0 Å². The number of nitrogens with zero attached hydrogens (tertiary/aromatic N) is 1. The number of hydrogen-bond acceptors (Lipinski definition) is 5. The number of amides is 1. The number of benzene rings is 1. The first-order valence-corrected chi connectivity index (χ1v) is 7.30. The summed E-state index contributed by atoms with van der Waals surface area (Å²) in [5.74, 6) is -0.0645. The van der Waals surface area contributed by atoms with Crippen molar-refractivity contribution in [2.45, 2.75) is 19.0 Å². The molecular weight excluding hydrogens is 288 g/mol. The second kappa shape index (κ2) is 6.45. The van der Waals surface area contributed by atoms with E-state index in [2.05, 4.69) is 15.3 Å². The van der Waals surface area contributed by atoms with E-state index >= 15 is 0 Å². The molecule has 4 N–H and O–H groups in total.